The molecule has 0 heterocycles. The van der Waals surface area contributed by atoms with Crippen molar-refractivity contribution in [3.05, 3.63) is 0 Å². The molecule has 0 aliphatic heterocycles. The average Bonchev–Trinajstić information content (AvgIpc) is 1.38. The molecule has 0 aromatic rings. The Bertz CT molecular complexity index is 46.1. The molecule has 0 unspecified atom stereocenters. The lowest BCUT2D eigenvalue weighted by Crippen LogP contribution is -2.26. The van der Waals surface area contributed by atoms with Crippen LogP contribution in [-0.2, 0) is 12.6 Å². The largest absolute Gasteiger partial charge is 0.718 e. The van der Waals surface area contributed by atoms with Crippen LogP contribution in [0.3, 0.4) is 0 Å². The molecule has 38 valence electrons. The number of hydrogen-bond donors (Lipinski definition) is 3. The second-order valence-electron chi connectivity index (χ2n) is 0.432. The third kappa shape index (κ3) is 9.49. The van der Waals surface area contributed by atoms with E-state index in [4.69, 9.17) is 0 Å². The monoisotopic (exact) mass is 109 g/mol. The zero-order valence-corrected chi connectivity index (χ0v) is 4.21. The van der Waals surface area contributed by atoms with Gasteiger partial charge in [-0.25, -0.2) is 5.84 Å². The number of hydrazine groups is 1. The van der Waals surface area contributed by atoms with Crippen LogP contribution in [0.1, 0.15) is 0 Å². The first-order valence-corrected chi connectivity index (χ1v) is 1.36. The SMILES string of the molecule is NNC(=O)[S-].[NH4+]. The average molecular weight is 109 g/mol. The molecule has 0 aliphatic rings. The maximum atomic E-state index is 9.39. The van der Waals surface area contributed by atoms with Gasteiger partial charge in [0.05, 0.1) is 0 Å². The van der Waals surface area contributed by atoms with Gasteiger partial charge in [-0.2, -0.15) is 0 Å². The number of rotatable bonds is 0. The number of hydrogen-bond acceptors (Lipinski definition) is 3. The molecule has 0 saturated heterocycles. The maximum absolute atomic E-state index is 9.39. The standard InChI is InChI=1S/CH4N2OS.H3N/c2-3-1(4)5;/h2H2,(H2,3,4,5);1H3. The number of amides is 1. The minimum Gasteiger partial charge on any atom is -0.718 e. The van der Waals surface area contributed by atoms with Gasteiger partial charge in [-0.3, -0.25) is 0 Å². The van der Waals surface area contributed by atoms with Gasteiger partial charge < -0.3 is 29.0 Å². The molecule has 0 atom stereocenters. The van der Waals surface area contributed by atoms with Gasteiger partial charge in [0.1, 0.15) is 5.24 Å². The van der Waals surface area contributed by atoms with Crippen molar-refractivity contribution in [3.63, 3.8) is 0 Å². The third-order valence-electron chi connectivity index (χ3n) is 0.118. The fraction of sp³-hybridized carbons (Fsp3) is 0. The molecule has 0 aliphatic carbocycles. The van der Waals surface area contributed by atoms with Crippen LogP contribution in [0.25, 0.3) is 0 Å². The highest BCUT2D eigenvalue weighted by molar-refractivity contribution is 7.76. The number of quaternary nitrogens is 1. The highest BCUT2D eigenvalue weighted by atomic mass is 32.1. The van der Waals surface area contributed by atoms with E-state index >= 15 is 0 Å². The van der Waals surface area contributed by atoms with E-state index in [2.05, 4.69) is 18.5 Å². The van der Waals surface area contributed by atoms with E-state index in [-0.39, 0.29) is 6.15 Å². The predicted molar refractivity (Wildman–Crippen MR) is 26.1 cm³/mol. The van der Waals surface area contributed by atoms with Crippen LogP contribution in [0.2, 0.25) is 0 Å². The normalized spacial score (nSPS) is 5.50. The van der Waals surface area contributed by atoms with Gasteiger partial charge in [0.2, 0.25) is 0 Å². The molecule has 0 rings (SSSR count). The van der Waals surface area contributed by atoms with Crippen LogP contribution in [-0.4, -0.2) is 5.24 Å². The molecule has 6 heavy (non-hydrogen) atoms. The van der Waals surface area contributed by atoms with Gasteiger partial charge in [-0.05, 0) is 0 Å². The van der Waals surface area contributed by atoms with Crippen molar-refractivity contribution >= 4 is 17.9 Å². The van der Waals surface area contributed by atoms with Gasteiger partial charge in [-0.15, -0.1) is 0 Å². The third-order valence-corrected chi connectivity index (χ3v) is 0.236. The highest BCUT2D eigenvalue weighted by Gasteiger charge is 1.57. The van der Waals surface area contributed by atoms with Crippen LogP contribution < -0.4 is 17.4 Å². The van der Waals surface area contributed by atoms with Crippen LogP contribution in [0, 0.1) is 0 Å². The molecule has 4 nitrogen and oxygen atoms in total. The summed E-state index contributed by atoms with van der Waals surface area (Å²) in [5.74, 6) is 4.47. The van der Waals surface area contributed by atoms with Crippen molar-refractivity contribution in [2.45, 2.75) is 0 Å². The second kappa shape index (κ2) is 4.61. The zero-order chi connectivity index (χ0) is 4.28. The lowest BCUT2D eigenvalue weighted by molar-refractivity contribution is 0.261. The minimum atomic E-state index is -0.634. The van der Waals surface area contributed by atoms with Crippen LogP contribution in [0.15, 0.2) is 0 Å². The van der Waals surface area contributed by atoms with Gasteiger partial charge in [-0.1, -0.05) is 0 Å². The Kier molecular flexibility index (Phi) is 7.03. The number of carbonyl (C=O) groups excluding carboxylic acids is 1. The first-order chi connectivity index (χ1) is 2.27. The van der Waals surface area contributed by atoms with Crippen molar-refractivity contribution in [1.82, 2.24) is 11.6 Å². The number of nitrogens with one attached hydrogen (secondary N) is 1. The highest BCUT2D eigenvalue weighted by Crippen LogP contribution is 1.47. The minimum absolute atomic E-state index is 0. The van der Waals surface area contributed by atoms with Crippen LogP contribution in [0.4, 0.5) is 4.79 Å². The van der Waals surface area contributed by atoms with Gasteiger partial charge >= 0.3 is 0 Å². The summed E-state index contributed by atoms with van der Waals surface area (Å²) in [6.45, 7) is 0. The van der Waals surface area contributed by atoms with Crippen molar-refractivity contribution in [1.29, 1.82) is 0 Å². The summed E-state index contributed by atoms with van der Waals surface area (Å²) >= 11 is 3.91. The van der Waals surface area contributed by atoms with E-state index < -0.39 is 5.24 Å². The molecule has 5 heteroatoms. The van der Waals surface area contributed by atoms with Crippen molar-refractivity contribution in [3.8, 4) is 0 Å². The van der Waals surface area contributed by atoms with Crippen molar-refractivity contribution in [2.24, 2.45) is 5.84 Å². The van der Waals surface area contributed by atoms with E-state index in [1.807, 2.05) is 0 Å². The topological polar surface area (TPSA) is 91.6 Å². The van der Waals surface area contributed by atoms with Gasteiger partial charge in [0.25, 0.3) is 0 Å². The molecule has 0 aromatic heterocycles. The van der Waals surface area contributed by atoms with Crippen molar-refractivity contribution in [2.75, 3.05) is 0 Å². The van der Waals surface area contributed by atoms with E-state index in [0.717, 1.165) is 0 Å². The van der Waals surface area contributed by atoms with Crippen molar-refractivity contribution < 1.29 is 4.79 Å². The summed E-state index contributed by atoms with van der Waals surface area (Å²) in [5, 5.41) is -0.634. The molecular weight excluding hydrogens is 102 g/mol. The van der Waals surface area contributed by atoms with Crippen LogP contribution in [0.5, 0.6) is 0 Å². The van der Waals surface area contributed by atoms with Gasteiger partial charge in [0, 0.05) is 0 Å². The summed E-state index contributed by atoms with van der Waals surface area (Å²) < 4.78 is 0. The summed E-state index contributed by atoms with van der Waals surface area (Å²) in [5.41, 5.74) is 1.70. The lowest BCUT2D eigenvalue weighted by Gasteiger charge is -1.95. The van der Waals surface area contributed by atoms with E-state index in [1.54, 1.807) is 5.43 Å². The molecule has 0 spiro atoms. The Morgan fingerprint density at radius 1 is 1.83 bits per heavy atom. The van der Waals surface area contributed by atoms with Gasteiger partial charge in [0.15, 0.2) is 0 Å². The molecule has 0 bridgehead atoms. The Hall–Kier alpha value is -0.390. The number of carbonyl (C=O) groups is 1. The van der Waals surface area contributed by atoms with Crippen LogP contribution >= 0.6 is 0 Å². The molecule has 0 radical (unpaired) electrons. The smallest absolute Gasteiger partial charge is 0.112 e. The first-order valence-electron chi connectivity index (χ1n) is 0.947. The Labute approximate surface area is 41.1 Å². The summed E-state index contributed by atoms with van der Waals surface area (Å²) in [4.78, 5) is 9.39. The molecule has 0 saturated carbocycles. The first kappa shape index (κ1) is 9.15. The quantitative estimate of drug-likeness (QED) is 0.169. The van der Waals surface area contributed by atoms with E-state index in [9.17, 15) is 4.79 Å². The zero-order valence-electron chi connectivity index (χ0n) is 3.39. The number of nitrogens with two attached hydrogens (primary N) is 1. The molecular formula is CH7N3OS. The Morgan fingerprint density at radius 3 is 2.00 bits per heavy atom. The fourth-order valence-corrected chi connectivity index (χ4v) is 0. The lowest BCUT2D eigenvalue weighted by atomic mass is 11.4. The second-order valence-corrected chi connectivity index (χ2v) is 0.803. The summed E-state index contributed by atoms with van der Waals surface area (Å²) in [6.07, 6.45) is 0. The summed E-state index contributed by atoms with van der Waals surface area (Å²) in [7, 11) is 0. The Balaban J connectivity index is 0. The summed E-state index contributed by atoms with van der Waals surface area (Å²) in [6, 6.07) is 0. The van der Waals surface area contributed by atoms with E-state index in [0.29, 0.717) is 0 Å². The molecule has 1 amide bonds. The molecule has 0 aromatic carbocycles. The fourth-order valence-electron chi connectivity index (χ4n) is 0. The Morgan fingerprint density at radius 2 is 2.00 bits per heavy atom. The van der Waals surface area contributed by atoms with E-state index in [1.165, 1.54) is 0 Å². The molecule has 7 N–H and O–H groups in total. The predicted octanol–water partition coefficient (Wildman–Crippen LogP) is -0.507. The maximum Gasteiger partial charge on any atom is 0.112 e. The molecule has 0 fully saturated rings.